The molecule has 0 saturated carbocycles. The van der Waals surface area contributed by atoms with Crippen LogP contribution in [0.4, 0.5) is 0 Å². The number of halogens is 2. The topological polar surface area (TPSA) is 0 Å². The van der Waals surface area contributed by atoms with Gasteiger partial charge in [-0.25, -0.2) is 0 Å². The van der Waals surface area contributed by atoms with Gasteiger partial charge in [-0.2, -0.15) is 0 Å². The average molecular weight is 505 g/mol. The van der Waals surface area contributed by atoms with Gasteiger partial charge in [0.05, 0.1) is 0 Å². The van der Waals surface area contributed by atoms with Crippen molar-refractivity contribution >= 4 is 32.9 Å². The average Bonchev–Trinajstić information content (AvgIpc) is 3.13. The number of hydrogen-bond donors (Lipinski definition) is 0. The fraction of sp³-hybridized carbons (Fsp3) is 0.346. The monoisotopic (exact) mass is 502 g/mol. The predicted molar refractivity (Wildman–Crippen MR) is 128 cm³/mol. The zero-order valence-electron chi connectivity index (χ0n) is 18.5. The maximum atomic E-state index is 7.88. The summed E-state index contributed by atoms with van der Waals surface area (Å²) in [4.78, 5) is 0. The maximum absolute atomic E-state index is 7.88. The van der Waals surface area contributed by atoms with Crippen molar-refractivity contribution in [3.8, 4) is 0 Å². The van der Waals surface area contributed by atoms with Crippen LogP contribution in [0.3, 0.4) is 0 Å². The van der Waals surface area contributed by atoms with E-state index in [0.29, 0.717) is 0 Å². The van der Waals surface area contributed by atoms with Gasteiger partial charge in [-0.3, -0.25) is 0 Å². The Morgan fingerprint density at radius 3 is 1.41 bits per heavy atom. The van der Waals surface area contributed by atoms with Crippen LogP contribution < -0.4 is 0 Å². The molecule has 2 aliphatic carbocycles. The van der Waals surface area contributed by atoms with E-state index in [9.17, 15) is 0 Å². The molecule has 3 heteroatoms. The summed E-state index contributed by atoms with van der Waals surface area (Å²) in [6, 6.07) is 9.15. The van der Waals surface area contributed by atoms with Gasteiger partial charge in [0.2, 0.25) is 0 Å². The van der Waals surface area contributed by atoms with E-state index in [4.69, 9.17) is 17.0 Å². The summed E-state index contributed by atoms with van der Waals surface area (Å²) in [7, 11) is 15.8. The molecule has 0 nitrogen and oxygen atoms in total. The van der Waals surface area contributed by atoms with Gasteiger partial charge >= 0.3 is 184 Å². The van der Waals surface area contributed by atoms with Crippen molar-refractivity contribution in [2.24, 2.45) is 0 Å². The molecule has 2 unspecified atom stereocenters. The molecular weight excluding hydrogens is 474 g/mol. The molecule has 2 aromatic carbocycles. The Bertz CT molecular complexity index is 1100. The molecule has 152 valence electrons. The van der Waals surface area contributed by atoms with Gasteiger partial charge in [-0.15, -0.1) is 0 Å². The van der Waals surface area contributed by atoms with Crippen molar-refractivity contribution in [2.45, 2.75) is 55.7 Å². The Morgan fingerprint density at radius 1 is 0.690 bits per heavy atom. The Labute approximate surface area is 183 Å². The molecule has 0 amide bonds. The Balaban J connectivity index is 2.03. The van der Waals surface area contributed by atoms with Gasteiger partial charge in [0.1, 0.15) is 0 Å². The summed E-state index contributed by atoms with van der Waals surface area (Å²) in [5.74, 6) is 0. The van der Waals surface area contributed by atoms with Crippen LogP contribution in [0.5, 0.6) is 0 Å². The Hall–Kier alpha value is -0.747. The number of allylic oxidation sites excluding steroid dienone is 2. The Kier molecular flexibility index (Phi) is 5.10. The predicted octanol–water partition coefficient (Wildman–Crippen LogP) is 8.36. The number of hydrogen-bond acceptors (Lipinski definition) is 0. The van der Waals surface area contributed by atoms with Gasteiger partial charge in [-0.1, -0.05) is 0 Å². The second-order valence-electron chi connectivity index (χ2n) is 9.33. The zero-order valence-corrected chi connectivity index (χ0v) is 22.4. The standard InChI is InChI=1S/2C12H13.C2H4.2ClH.Zr/c2*1-8-4-10(3)12-7-9(2)6-11(12)5-8;1-2;;;/h2*4-7H,1-3H3;1H,2H3;2*1H;/q;;;;;+2/p-2. The molecule has 2 aliphatic rings. The minimum absolute atomic E-state index is 0.110. The van der Waals surface area contributed by atoms with Gasteiger partial charge < -0.3 is 0 Å². The summed E-state index contributed by atoms with van der Waals surface area (Å²) < 4.78 is 2.46. The quantitative estimate of drug-likeness (QED) is 0.385. The van der Waals surface area contributed by atoms with Gasteiger partial charge in [0, 0.05) is 0 Å². The van der Waals surface area contributed by atoms with Crippen LogP contribution in [0.25, 0.3) is 12.2 Å². The fourth-order valence-electron chi connectivity index (χ4n) is 5.97. The first-order valence-corrected chi connectivity index (χ1v) is 21.0. The molecule has 0 heterocycles. The first kappa shape index (κ1) is 21.5. The third-order valence-electron chi connectivity index (χ3n) is 7.06. The SMILES string of the molecule is C[CH]=[Zr]([Cl])([Cl])([CH]1C(C)=Cc2c(C)cc(C)cc21)[CH]1C(C)=Cc2c(C)cc(C)cc21. The van der Waals surface area contributed by atoms with Crippen LogP contribution in [0.1, 0.15) is 72.5 Å². The van der Waals surface area contributed by atoms with Crippen molar-refractivity contribution in [3.05, 3.63) is 79.9 Å². The van der Waals surface area contributed by atoms with E-state index in [1.54, 1.807) is 0 Å². The van der Waals surface area contributed by atoms with E-state index in [0.717, 1.165) is 0 Å². The summed E-state index contributed by atoms with van der Waals surface area (Å²) in [5.41, 5.74) is 13.1. The fourth-order valence-corrected chi connectivity index (χ4v) is 24.1. The number of benzene rings is 2. The van der Waals surface area contributed by atoms with Gasteiger partial charge in [0.15, 0.2) is 0 Å². The molecule has 0 saturated heterocycles. The van der Waals surface area contributed by atoms with Gasteiger partial charge in [-0.05, 0) is 0 Å². The number of aryl methyl sites for hydroxylation is 4. The number of rotatable bonds is 2. The van der Waals surface area contributed by atoms with Crippen LogP contribution >= 0.6 is 17.0 Å². The third kappa shape index (κ3) is 3.07. The molecule has 29 heavy (non-hydrogen) atoms. The summed E-state index contributed by atoms with van der Waals surface area (Å²) >= 11 is -4.55. The van der Waals surface area contributed by atoms with E-state index in [1.807, 2.05) is 0 Å². The second kappa shape index (κ2) is 6.88. The van der Waals surface area contributed by atoms with Crippen LogP contribution in [0.2, 0.25) is 0 Å². The molecule has 0 aliphatic heterocycles. The van der Waals surface area contributed by atoms with Crippen LogP contribution in [0.15, 0.2) is 35.4 Å². The van der Waals surface area contributed by atoms with Crippen molar-refractivity contribution in [1.29, 1.82) is 0 Å². The second-order valence-corrected chi connectivity index (χ2v) is 30.7. The summed E-state index contributed by atoms with van der Waals surface area (Å²) in [5, 5.41) is 0. The number of fused-ring (bicyclic) bond motifs is 2. The molecular formula is C26H30Cl2Zr. The first-order valence-electron chi connectivity index (χ1n) is 10.4. The molecule has 2 atom stereocenters. The summed E-state index contributed by atoms with van der Waals surface area (Å²) in [6.07, 6.45) is 4.65. The molecule has 4 rings (SSSR count). The molecule has 0 spiro atoms. The minimum atomic E-state index is -4.55. The van der Waals surface area contributed by atoms with E-state index in [-0.39, 0.29) is 7.25 Å². The van der Waals surface area contributed by atoms with E-state index >= 15 is 0 Å². The van der Waals surface area contributed by atoms with Crippen LogP contribution in [0, 0.1) is 27.7 Å². The molecule has 2 aromatic rings. The normalized spacial score (nSPS) is 20.9. The molecule has 0 bridgehead atoms. The first-order chi connectivity index (χ1) is 13.5. The van der Waals surface area contributed by atoms with Crippen molar-refractivity contribution in [1.82, 2.24) is 0 Å². The van der Waals surface area contributed by atoms with Gasteiger partial charge in [0.25, 0.3) is 0 Å². The van der Waals surface area contributed by atoms with E-state index in [1.165, 1.54) is 55.7 Å². The molecule has 0 fully saturated rings. The zero-order chi connectivity index (χ0) is 21.3. The van der Waals surface area contributed by atoms with Crippen molar-refractivity contribution in [3.63, 3.8) is 0 Å². The molecule has 0 aromatic heterocycles. The molecule has 0 radical (unpaired) electrons. The molecule has 0 N–H and O–H groups in total. The Morgan fingerprint density at radius 2 is 1.07 bits per heavy atom. The third-order valence-corrected chi connectivity index (χ3v) is 26.7. The van der Waals surface area contributed by atoms with Crippen LogP contribution in [-0.2, 0) is 15.9 Å². The van der Waals surface area contributed by atoms with Crippen molar-refractivity contribution < 1.29 is 15.9 Å². The van der Waals surface area contributed by atoms with Crippen molar-refractivity contribution in [2.75, 3.05) is 0 Å². The van der Waals surface area contributed by atoms with E-state index < -0.39 is 15.9 Å². The van der Waals surface area contributed by atoms with Crippen LogP contribution in [-0.4, -0.2) is 3.71 Å². The van der Waals surface area contributed by atoms with E-state index in [2.05, 4.69) is 88.6 Å². The summed E-state index contributed by atoms with van der Waals surface area (Å²) in [6.45, 7) is 15.3.